The third kappa shape index (κ3) is 2.48. The second kappa shape index (κ2) is 4.62. The van der Waals surface area contributed by atoms with E-state index in [9.17, 15) is 4.39 Å². The average molecular weight is 209 g/mol. The number of rotatable bonds is 3. The highest BCUT2D eigenvalue weighted by molar-refractivity contribution is 5.34. The predicted octanol–water partition coefficient (Wildman–Crippen LogP) is 2.13. The van der Waals surface area contributed by atoms with E-state index in [1.165, 1.54) is 18.9 Å². The maximum atomic E-state index is 13.1. The third-order valence-corrected chi connectivity index (χ3v) is 2.87. The molecule has 1 aromatic carbocycles. The van der Waals surface area contributed by atoms with Crippen LogP contribution in [-0.4, -0.2) is 19.7 Å². The molecular formula is C12H16FNO. The quantitative estimate of drug-likeness (QED) is 0.823. The first kappa shape index (κ1) is 10.4. The van der Waals surface area contributed by atoms with Crippen molar-refractivity contribution in [2.75, 3.05) is 13.7 Å². The van der Waals surface area contributed by atoms with Gasteiger partial charge >= 0.3 is 0 Å². The van der Waals surface area contributed by atoms with Crippen LogP contribution in [0.15, 0.2) is 18.2 Å². The van der Waals surface area contributed by atoms with Gasteiger partial charge in [0.25, 0.3) is 0 Å². The molecule has 15 heavy (non-hydrogen) atoms. The minimum atomic E-state index is -0.191. The summed E-state index contributed by atoms with van der Waals surface area (Å²) in [5, 5.41) is 3.40. The van der Waals surface area contributed by atoms with E-state index in [0.717, 1.165) is 24.3 Å². The van der Waals surface area contributed by atoms with E-state index in [1.54, 1.807) is 19.2 Å². The Morgan fingerprint density at radius 2 is 2.40 bits per heavy atom. The number of hydrogen-bond donors (Lipinski definition) is 1. The Bertz CT molecular complexity index is 334. The molecule has 0 saturated carbocycles. The van der Waals surface area contributed by atoms with Gasteiger partial charge in [0.2, 0.25) is 0 Å². The molecule has 1 unspecified atom stereocenters. The van der Waals surface area contributed by atoms with Gasteiger partial charge in [0.05, 0.1) is 7.11 Å². The van der Waals surface area contributed by atoms with Crippen molar-refractivity contribution in [2.45, 2.75) is 25.3 Å². The van der Waals surface area contributed by atoms with Crippen molar-refractivity contribution in [1.82, 2.24) is 5.32 Å². The van der Waals surface area contributed by atoms with E-state index in [4.69, 9.17) is 4.74 Å². The topological polar surface area (TPSA) is 21.3 Å². The van der Waals surface area contributed by atoms with Crippen molar-refractivity contribution >= 4 is 0 Å². The Hall–Kier alpha value is -1.09. The van der Waals surface area contributed by atoms with Crippen LogP contribution in [0.1, 0.15) is 18.4 Å². The summed E-state index contributed by atoms with van der Waals surface area (Å²) >= 11 is 0. The minimum Gasteiger partial charge on any atom is -0.496 e. The van der Waals surface area contributed by atoms with Crippen LogP contribution in [0.5, 0.6) is 5.75 Å². The summed E-state index contributed by atoms with van der Waals surface area (Å²) in [6.07, 6.45) is 3.23. The Balaban J connectivity index is 2.14. The minimum absolute atomic E-state index is 0.191. The van der Waals surface area contributed by atoms with Crippen LogP contribution in [0.3, 0.4) is 0 Å². The second-order valence-corrected chi connectivity index (χ2v) is 3.95. The predicted molar refractivity (Wildman–Crippen MR) is 57.7 cm³/mol. The molecule has 2 nitrogen and oxygen atoms in total. The van der Waals surface area contributed by atoms with Crippen molar-refractivity contribution in [2.24, 2.45) is 0 Å². The molecule has 0 spiro atoms. The van der Waals surface area contributed by atoms with Crippen molar-refractivity contribution in [3.05, 3.63) is 29.6 Å². The number of ether oxygens (including phenoxy) is 1. The third-order valence-electron chi connectivity index (χ3n) is 2.87. The summed E-state index contributed by atoms with van der Waals surface area (Å²) in [5.74, 6) is 0.592. The highest BCUT2D eigenvalue weighted by Crippen LogP contribution is 2.22. The number of methoxy groups -OCH3 is 1. The standard InChI is InChI=1S/C12H16FNO/c1-15-12-5-4-10(13)7-9(12)8-11-3-2-6-14-11/h4-5,7,11,14H,2-3,6,8H2,1H3. The first-order valence-electron chi connectivity index (χ1n) is 5.35. The van der Waals surface area contributed by atoms with Gasteiger partial charge in [-0.3, -0.25) is 0 Å². The highest BCUT2D eigenvalue weighted by Gasteiger charge is 2.16. The SMILES string of the molecule is COc1ccc(F)cc1CC1CCCN1. The van der Waals surface area contributed by atoms with E-state index in [1.807, 2.05) is 0 Å². The molecule has 0 aromatic heterocycles. The Morgan fingerprint density at radius 3 is 3.07 bits per heavy atom. The molecule has 1 saturated heterocycles. The molecule has 1 N–H and O–H groups in total. The number of hydrogen-bond acceptors (Lipinski definition) is 2. The molecule has 1 aliphatic rings. The smallest absolute Gasteiger partial charge is 0.123 e. The molecule has 0 radical (unpaired) electrons. The Kier molecular flexibility index (Phi) is 3.21. The zero-order valence-electron chi connectivity index (χ0n) is 8.92. The Morgan fingerprint density at radius 1 is 1.53 bits per heavy atom. The number of nitrogens with one attached hydrogen (secondary N) is 1. The first-order chi connectivity index (χ1) is 7.29. The molecule has 1 atom stereocenters. The normalized spacial score (nSPS) is 20.5. The second-order valence-electron chi connectivity index (χ2n) is 3.95. The van der Waals surface area contributed by atoms with Crippen LogP contribution in [0, 0.1) is 5.82 Å². The summed E-state index contributed by atoms with van der Waals surface area (Å²) < 4.78 is 18.3. The lowest BCUT2D eigenvalue weighted by Crippen LogP contribution is -2.23. The summed E-state index contributed by atoms with van der Waals surface area (Å²) in [7, 11) is 1.62. The van der Waals surface area contributed by atoms with Gasteiger partial charge in [-0.25, -0.2) is 4.39 Å². The molecular weight excluding hydrogens is 193 g/mol. The number of benzene rings is 1. The Labute approximate surface area is 89.4 Å². The van der Waals surface area contributed by atoms with Gasteiger partial charge in [-0.05, 0) is 49.6 Å². The summed E-state index contributed by atoms with van der Waals surface area (Å²) in [5.41, 5.74) is 0.955. The maximum Gasteiger partial charge on any atom is 0.123 e. The van der Waals surface area contributed by atoms with Gasteiger partial charge in [0.15, 0.2) is 0 Å². The van der Waals surface area contributed by atoms with Crippen LogP contribution >= 0.6 is 0 Å². The lowest BCUT2D eigenvalue weighted by atomic mass is 10.0. The molecule has 2 rings (SSSR count). The van der Waals surface area contributed by atoms with Crippen LogP contribution in [-0.2, 0) is 6.42 Å². The molecule has 1 aliphatic heterocycles. The van der Waals surface area contributed by atoms with Crippen molar-refractivity contribution in [3.63, 3.8) is 0 Å². The van der Waals surface area contributed by atoms with Gasteiger partial charge < -0.3 is 10.1 Å². The van der Waals surface area contributed by atoms with E-state index in [0.29, 0.717) is 6.04 Å². The summed E-state index contributed by atoms with van der Waals surface area (Å²) in [6.45, 7) is 1.07. The zero-order valence-corrected chi connectivity index (χ0v) is 8.92. The van der Waals surface area contributed by atoms with Crippen molar-refractivity contribution in [1.29, 1.82) is 0 Å². The van der Waals surface area contributed by atoms with E-state index in [2.05, 4.69) is 5.32 Å². The lowest BCUT2D eigenvalue weighted by Gasteiger charge is -2.13. The van der Waals surface area contributed by atoms with E-state index >= 15 is 0 Å². The summed E-state index contributed by atoms with van der Waals surface area (Å²) in [4.78, 5) is 0. The first-order valence-corrected chi connectivity index (χ1v) is 5.35. The fraction of sp³-hybridized carbons (Fsp3) is 0.500. The molecule has 1 fully saturated rings. The fourth-order valence-electron chi connectivity index (χ4n) is 2.10. The number of halogens is 1. The average Bonchev–Trinajstić information content (AvgIpc) is 2.71. The molecule has 0 bridgehead atoms. The summed E-state index contributed by atoms with van der Waals surface area (Å²) in [6, 6.07) is 5.17. The molecule has 3 heteroatoms. The largest absolute Gasteiger partial charge is 0.496 e. The molecule has 1 heterocycles. The van der Waals surface area contributed by atoms with Crippen LogP contribution in [0.2, 0.25) is 0 Å². The van der Waals surface area contributed by atoms with Gasteiger partial charge in [-0.1, -0.05) is 0 Å². The monoisotopic (exact) mass is 209 g/mol. The van der Waals surface area contributed by atoms with E-state index in [-0.39, 0.29) is 5.82 Å². The fourth-order valence-corrected chi connectivity index (χ4v) is 2.10. The lowest BCUT2D eigenvalue weighted by molar-refractivity contribution is 0.405. The molecule has 1 aromatic rings. The van der Waals surface area contributed by atoms with Gasteiger partial charge in [0.1, 0.15) is 11.6 Å². The van der Waals surface area contributed by atoms with Crippen molar-refractivity contribution in [3.8, 4) is 5.75 Å². The van der Waals surface area contributed by atoms with Gasteiger partial charge in [0, 0.05) is 6.04 Å². The van der Waals surface area contributed by atoms with Crippen LogP contribution in [0.4, 0.5) is 4.39 Å². The molecule has 82 valence electrons. The van der Waals surface area contributed by atoms with E-state index < -0.39 is 0 Å². The zero-order chi connectivity index (χ0) is 10.7. The molecule has 0 aliphatic carbocycles. The van der Waals surface area contributed by atoms with Gasteiger partial charge in [-0.2, -0.15) is 0 Å². The maximum absolute atomic E-state index is 13.1. The van der Waals surface area contributed by atoms with Crippen LogP contribution < -0.4 is 10.1 Å². The molecule has 0 amide bonds. The highest BCUT2D eigenvalue weighted by atomic mass is 19.1. The van der Waals surface area contributed by atoms with Gasteiger partial charge in [-0.15, -0.1) is 0 Å². The van der Waals surface area contributed by atoms with Crippen molar-refractivity contribution < 1.29 is 9.13 Å². The van der Waals surface area contributed by atoms with Crippen LogP contribution in [0.25, 0.3) is 0 Å².